The van der Waals surface area contributed by atoms with Gasteiger partial charge in [0.05, 0.1) is 11.2 Å². The summed E-state index contributed by atoms with van der Waals surface area (Å²) in [6, 6.07) is 16.9. The molecule has 0 atom stereocenters. The fourth-order valence-corrected chi connectivity index (χ4v) is 2.73. The van der Waals surface area contributed by atoms with Crippen molar-refractivity contribution in [1.82, 2.24) is 15.0 Å². The van der Waals surface area contributed by atoms with Gasteiger partial charge >= 0.3 is 0 Å². The molecule has 2 heterocycles. The summed E-state index contributed by atoms with van der Waals surface area (Å²) in [5.74, 6) is -0.373. The molecule has 4 aromatic rings. The minimum Gasteiger partial charge on any atom is -0.316 e. The van der Waals surface area contributed by atoms with Crippen LogP contribution in [0.1, 0.15) is 11.3 Å². The van der Waals surface area contributed by atoms with E-state index in [-0.39, 0.29) is 16.5 Å². The molecule has 0 radical (unpaired) electrons. The molecule has 0 saturated carbocycles. The number of fused-ring (bicyclic) bond motifs is 1. The largest absolute Gasteiger partial charge is 0.316 e. The number of aromatic nitrogens is 3. The van der Waals surface area contributed by atoms with Crippen molar-refractivity contribution in [3.8, 4) is 0 Å². The summed E-state index contributed by atoms with van der Waals surface area (Å²) >= 11 is 0. The monoisotopic (exact) mass is 359 g/mol. The van der Waals surface area contributed by atoms with Crippen molar-refractivity contribution in [2.24, 2.45) is 0 Å². The fourth-order valence-electron chi connectivity index (χ4n) is 2.73. The van der Waals surface area contributed by atoms with E-state index in [1.807, 2.05) is 30.3 Å². The van der Waals surface area contributed by atoms with Gasteiger partial charge < -0.3 is 9.97 Å². The van der Waals surface area contributed by atoms with Gasteiger partial charge in [0.15, 0.2) is 0 Å². The molecule has 4 rings (SSSR count). The van der Waals surface area contributed by atoms with Crippen LogP contribution in [-0.2, 0) is 0 Å². The van der Waals surface area contributed by atoms with Crippen LogP contribution in [0.25, 0.3) is 23.1 Å². The number of hydrogen-bond donors (Lipinski definition) is 2. The van der Waals surface area contributed by atoms with Gasteiger partial charge in [-0.05, 0) is 42.0 Å². The van der Waals surface area contributed by atoms with Gasteiger partial charge in [-0.1, -0.05) is 36.4 Å². The van der Waals surface area contributed by atoms with Crippen LogP contribution >= 0.6 is 0 Å². The number of hydrogen-bond acceptors (Lipinski definition) is 3. The molecule has 0 saturated heterocycles. The maximum Gasteiger partial charge on any atom is 0.272 e. The molecule has 0 amide bonds. The van der Waals surface area contributed by atoms with E-state index in [4.69, 9.17) is 0 Å². The highest BCUT2D eigenvalue weighted by atomic mass is 19.1. The smallest absolute Gasteiger partial charge is 0.272 e. The number of aromatic amines is 2. The number of pyridine rings is 1. The quantitative estimate of drug-likeness (QED) is 0.568. The van der Waals surface area contributed by atoms with Gasteiger partial charge in [0.25, 0.3) is 11.1 Å². The van der Waals surface area contributed by atoms with Crippen molar-refractivity contribution in [1.29, 1.82) is 0 Å². The molecule has 0 aliphatic rings. The lowest BCUT2D eigenvalue weighted by Gasteiger charge is -1.98. The van der Waals surface area contributed by atoms with Crippen molar-refractivity contribution < 1.29 is 4.39 Å². The van der Waals surface area contributed by atoms with Gasteiger partial charge in [-0.2, -0.15) is 0 Å². The maximum atomic E-state index is 13.0. The Balaban J connectivity index is 1.81. The highest BCUT2D eigenvalue weighted by molar-refractivity contribution is 5.79. The summed E-state index contributed by atoms with van der Waals surface area (Å²) in [5.41, 5.74) is 1.06. The lowest BCUT2D eigenvalue weighted by molar-refractivity contribution is 0.628. The third-order valence-electron chi connectivity index (χ3n) is 4.08. The maximum absolute atomic E-state index is 13.0. The van der Waals surface area contributed by atoms with Crippen LogP contribution in [-0.4, -0.2) is 15.0 Å². The van der Waals surface area contributed by atoms with Gasteiger partial charge in [0, 0.05) is 5.39 Å². The van der Waals surface area contributed by atoms with Gasteiger partial charge in [-0.25, -0.2) is 9.37 Å². The van der Waals surface area contributed by atoms with Crippen LogP contribution in [0.4, 0.5) is 4.39 Å². The minimum absolute atomic E-state index is 0.0928. The molecule has 0 unspecified atom stereocenters. The Morgan fingerprint density at radius 3 is 2.19 bits per heavy atom. The average Bonchev–Trinajstić information content (AvgIpc) is 2.67. The number of benzene rings is 2. The topological polar surface area (TPSA) is 78.6 Å². The molecule has 6 heteroatoms. The first-order chi connectivity index (χ1) is 13.1. The van der Waals surface area contributed by atoms with Crippen molar-refractivity contribution in [2.75, 3.05) is 0 Å². The number of halogens is 1. The lowest BCUT2D eigenvalue weighted by Crippen LogP contribution is -2.46. The Morgan fingerprint density at radius 1 is 0.778 bits per heavy atom. The molecular formula is C21H14FN3O2. The summed E-state index contributed by atoms with van der Waals surface area (Å²) in [6.07, 6.45) is 3.01. The number of rotatable bonds is 2. The van der Waals surface area contributed by atoms with E-state index in [1.165, 1.54) is 36.4 Å². The SMILES string of the molecule is O=c1[nH]/c(=C\c2ccc3ccccc3n2)c(=O)[nH]/c1=C\c1ccc(F)cc1. The van der Waals surface area contributed by atoms with Gasteiger partial charge in [-0.15, -0.1) is 0 Å². The first-order valence-electron chi connectivity index (χ1n) is 8.26. The predicted molar refractivity (Wildman–Crippen MR) is 102 cm³/mol. The van der Waals surface area contributed by atoms with Crippen LogP contribution in [0.15, 0.2) is 70.3 Å². The molecule has 0 spiro atoms. The van der Waals surface area contributed by atoms with E-state index in [9.17, 15) is 14.0 Å². The summed E-state index contributed by atoms with van der Waals surface area (Å²) in [5, 5.41) is 1.19. The standard InChI is InChI=1S/C21H14FN3O2/c22-15-8-5-13(6-9-15)11-18-20(26)25-19(21(27)24-18)12-16-10-7-14-3-1-2-4-17(14)23-16/h1-12H,(H,24,27)(H,25,26)/b18-11-,19-12-. The van der Waals surface area contributed by atoms with Gasteiger partial charge in [-0.3, -0.25) is 9.59 Å². The molecule has 27 heavy (non-hydrogen) atoms. The predicted octanol–water partition coefficient (Wildman–Crippen LogP) is 1.41. The first kappa shape index (κ1) is 16.7. The van der Waals surface area contributed by atoms with E-state index in [1.54, 1.807) is 6.07 Å². The lowest BCUT2D eigenvalue weighted by atomic mass is 10.2. The van der Waals surface area contributed by atoms with Crippen LogP contribution in [0.5, 0.6) is 0 Å². The highest BCUT2D eigenvalue weighted by Crippen LogP contribution is 2.11. The summed E-state index contributed by atoms with van der Waals surface area (Å²) < 4.78 is 13.0. The zero-order valence-corrected chi connectivity index (χ0v) is 14.1. The summed E-state index contributed by atoms with van der Waals surface area (Å²) in [7, 11) is 0. The molecule has 0 fully saturated rings. The first-order valence-corrected chi connectivity index (χ1v) is 8.26. The Hall–Kier alpha value is -3.80. The molecular weight excluding hydrogens is 345 g/mol. The zero-order chi connectivity index (χ0) is 18.8. The van der Waals surface area contributed by atoms with Gasteiger partial charge in [0.1, 0.15) is 16.5 Å². The van der Waals surface area contributed by atoms with Crippen molar-refractivity contribution in [2.45, 2.75) is 0 Å². The van der Waals surface area contributed by atoms with Crippen molar-refractivity contribution in [3.05, 3.63) is 109 Å². The number of nitrogens with zero attached hydrogens (tertiary/aromatic N) is 1. The third-order valence-corrected chi connectivity index (χ3v) is 4.08. The number of para-hydroxylation sites is 1. The Bertz CT molecular complexity index is 1370. The Morgan fingerprint density at radius 2 is 1.44 bits per heavy atom. The molecule has 0 aliphatic carbocycles. The normalized spacial score (nSPS) is 12.6. The molecule has 2 aromatic carbocycles. The molecule has 0 bridgehead atoms. The molecule has 2 N–H and O–H groups in total. The number of nitrogens with one attached hydrogen (secondary N) is 2. The second-order valence-electron chi connectivity index (χ2n) is 6.00. The van der Waals surface area contributed by atoms with Crippen LogP contribution in [0.2, 0.25) is 0 Å². The summed E-state index contributed by atoms with van der Waals surface area (Å²) in [6.45, 7) is 0. The zero-order valence-electron chi connectivity index (χ0n) is 14.1. The van der Waals surface area contributed by atoms with Crippen molar-refractivity contribution >= 4 is 23.1 Å². The van der Waals surface area contributed by atoms with Crippen molar-refractivity contribution in [3.63, 3.8) is 0 Å². The Labute approximate surface area is 152 Å². The van der Waals surface area contributed by atoms with Crippen LogP contribution in [0, 0.1) is 5.82 Å². The van der Waals surface area contributed by atoms with E-state index in [0.29, 0.717) is 11.3 Å². The second-order valence-corrected chi connectivity index (χ2v) is 6.00. The highest BCUT2D eigenvalue weighted by Gasteiger charge is 1.99. The van der Waals surface area contributed by atoms with Crippen LogP contribution < -0.4 is 21.8 Å². The van der Waals surface area contributed by atoms with E-state index in [2.05, 4.69) is 15.0 Å². The van der Waals surface area contributed by atoms with E-state index in [0.717, 1.165) is 10.9 Å². The fraction of sp³-hybridized carbons (Fsp3) is 0. The number of H-pyrrole nitrogens is 2. The average molecular weight is 359 g/mol. The summed E-state index contributed by atoms with van der Waals surface area (Å²) in [4.78, 5) is 34.2. The molecule has 132 valence electrons. The van der Waals surface area contributed by atoms with Crippen LogP contribution in [0.3, 0.4) is 0 Å². The van der Waals surface area contributed by atoms with E-state index < -0.39 is 11.1 Å². The minimum atomic E-state index is -0.453. The third kappa shape index (κ3) is 3.59. The molecule has 5 nitrogen and oxygen atoms in total. The second kappa shape index (κ2) is 6.84. The molecule has 2 aromatic heterocycles. The van der Waals surface area contributed by atoms with Gasteiger partial charge in [0.2, 0.25) is 0 Å². The molecule has 0 aliphatic heterocycles. The Kier molecular flexibility index (Phi) is 4.22. The van der Waals surface area contributed by atoms with E-state index >= 15 is 0 Å².